The van der Waals surface area contributed by atoms with Gasteiger partial charge in [0.05, 0.1) is 12.1 Å². The molecule has 5 nitrogen and oxygen atoms in total. The molecular formula is C16H19N3O2. The molecule has 0 bridgehead atoms. The van der Waals surface area contributed by atoms with Crippen molar-refractivity contribution >= 4 is 5.91 Å². The number of aromatic nitrogens is 2. The molecule has 5 heteroatoms. The molecule has 1 aliphatic rings. The molecule has 2 aromatic heterocycles. The number of hydrogen-bond acceptors (Lipinski definition) is 4. The van der Waals surface area contributed by atoms with Gasteiger partial charge in [-0.3, -0.25) is 9.78 Å². The van der Waals surface area contributed by atoms with E-state index in [9.17, 15) is 4.79 Å². The predicted molar refractivity (Wildman–Crippen MR) is 77.5 cm³/mol. The van der Waals surface area contributed by atoms with Crippen LogP contribution in [-0.4, -0.2) is 27.0 Å². The zero-order valence-electron chi connectivity index (χ0n) is 12.4. The maximum atomic E-state index is 12.6. The molecule has 1 aliphatic carbocycles. The SMILES string of the molecule is Cc1noc(C)c1CC(=O)N(Cc1ccncc1)C1CC1. The second-order valence-corrected chi connectivity index (χ2v) is 5.59. The molecule has 2 heterocycles. The normalized spacial score (nSPS) is 14.2. The predicted octanol–water partition coefficient (Wildman–Crippen LogP) is 2.42. The van der Waals surface area contributed by atoms with Gasteiger partial charge in [0, 0.05) is 30.5 Å². The third-order valence-electron chi connectivity index (χ3n) is 3.92. The van der Waals surface area contributed by atoms with Gasteiger partial charge >= 0.3 is 0 Å². The number of nitrogens with zero attached hydrogens (tertiary/aromatic N) is 3. The van der Waals surface area contributed by atoms with Gasteiger partial charge in [-0.25, -0.2) is 0 Å². The van der Waals surface area contributed by atoms with E-state index in [1.165, 1.54) is 0 Å². The Bertz CT molecular complexity index is 613. The van der Waals surface area contributed by atoms with Crippen molar-refractivity contribution in [2.75, 3.05) is 0 Å². The van der Waals surface area contributed by atoms with Gasteiger partial charge < -0.3 is 9.42 Å². The summed E-state index contributed by atoms with van der Waals surface area (Å²) in [4.78, 5) is 18.6. The Morgan fingerprint density at radius 3 is 2.62 bits per heavy atom. The van der Waals surface area contributed by atoms with Crippen molar-refractivity contribution < 1.29 is 9.32 Å². The van der Waals surface area contributed by atoms with Crippen molar-refractivity contribution in [2.24, 2.45) is 0 Å². The van der Waals surface area contributed by atoms with Crippen molar-refractivity contribution in [3.63, 3.8) is 0 Å². The standard InChI is InChI=1S/C16H19N3O2/c1-11-15(12(2)21-18-11)9-16(20)19(14-3-4-14)10-13-5-7-17-8-6-13/h5-8,14H,3-4,9-10H2,1-2H3. The molecule has 21 heavy (non-hydrogen) atoms. The van der Waals surface area contributed by atoms with Gasteiger partial charge in [-0.2, -0.15) is 0 Å². The van der Waals surface area contributed by atoms with Crippen LogP contribution in [0, 0.1) is 13.8 Å². The van der Waals surface area contributed by atoms with E-state index in [1.807, 2.05) is 30.9 Å². The number of carbonyl (C=O) groups excluding carboxylic acids is 1. The lowest BCUT2D eigenvalue weighted by Crippen LogP contribution is -2.34. The van der Waals surface area contributed by atoms with Gasteiger partial charge in [-0.15, -0.1) is 0 Å². The number of pyridine rings is 1. The summed E-state index contributed by atoms with van der Waals surface area (Å²) in [6, 6.07) is 4.29. The highest BCUT2D eigenvalue weighted by molar-refractivity contribution is 5.79. The summed E-state index contributed by atoms with van der Waals surface area (Å²) in [7, 11) is 0. The lowest BCUT2D eigenvalue weighted by atomic mass is 10.1. The van der Waals surface area contributed by atoms with E-state index in [0.717, 1.165) is 35.4 Å². The summed E-state index contributed by atoms with van der Waals surface area (Å²) in [6.07, 6.45) is 6.08. The topological polar surface area (TPSA) is 59.2 Å². The van der Waals surface area contributed by atoms with Crippen LogP contribution >= 0.6 is 0 Å². The summed E-state index contributed by atoms with van der Waals surface area (Å²) in [6.45, 7) is 4.38. The van der Waals surface area contributed by atoms with Crippen LogP contribution in [0.4, 0.5) is 0 Å². The average molecular weight is 285 g/mol. The molecule has 3 rings (SSSR count). The summed E-state index contributed by atoms with van der Waals surface area (Å²) < 4.78 is 5.14. The first kappa shape index (κ1) is 13.8. The highest BCUT2D eigenvalue weighted by Gasteiger charge is 2.33. The van der Waals surface area contributed by atoms with Crippen molar-refractivity contribution in [1.82, 2.24) is 15.0 Å². The zero-order valence-corrected chi connectivity index (χ0v) is 12.4. The summed E-state index contributed by atoms with van der Waals surface area (Å²) in [5.41, 5.74) is 2.84. The molecule has 0 aliphatic heterocycles. The van der Waals surface area contributed by atoms with Crippen LogP contribution in [0.1, 0.15) is 35.4 Å². The first-order valence-electron chi connectivity index (χ1n) is 7.25. The van der Waals surface area contributed by atoms with Crippen LogP contribution in [0.2, 0.25) is 0 Å². The van der Waals surface area contributed by atoms with Crippen LogP contribution in [-0.2, 0) is 17.8 Å². The van der Waals surface area contributed by atoms with Gasteiger partial charge in [0.1, 0.15) is 5.76 Å². The molecule has 0 atom stereocenters. The molecular weight excluding hydrogens is 266 g/mol. The summed E-state index contributed by atoms with van der Waals surface area (Å²) in [5.74, 6) is 0.879. The fourth-order valence-corrected chi connectivity index (χ4v) is 2.50. The van der Waals surface area contributed by atoms with Gasteiger partial charge in [-0.05, 0) is 44.4 Å². The minimum atomic E-state index is 0.142. The molecule has 110 valence electrons. The van der Waals surface area contributed by atoms with Crippen LogP contribution < -0.4 is 0 Å². The van der Waals surface area contributed by atoms with E-state index in [0.29, 0.717) is 19.0 Å². The zero-order chi connectivity index (χ0) is 14.8. The van der Waals surface area contributed by atoms with E-state index >= 15 is 0 Å². The second kappa shape index (κ2) is 5.68. The molecule has 0 saturated heterocycles. The molecule has 2 aromatic rings. The Morgan fingerprint density at radius 1 is 1.33 bits per heavy atom. The minimum Gasteiger partial charge on any atom is -0.361 e. The Hall–Kier alpha value is -2.17. The Kier molecular flexibility index (Phi) is 3.73. The van der Waals surface area contributed by atoms with Crippen molar-refractivity contribution in [3.05, 3.63) is 47.1 Å². The Balaban J connectivity index is 1.73. The number of hydrogen-bond donors (Lipinski definition) is 0. The highest BCUT2D eigenvalue weighted by atomic mass is 16.5. The molecule has 1 fully saturated rings. The van der Waals surface area contributed by atoms with Gasteiger partial charge in [0.25, 0.3) is 0 Å². The van der Waals surface area contributed by atoms with E-state index in [-0.39, 0.29) is 5.91 Å². The number of carbonyl (C=O) groups is 1. The third-order valence-corrected chi connectivity index (χ3v) is 3.92. The van der Waals surface area contributed by atoms with E-state index in [4.69, 9.17) is 4.52 Å². The monoisotopic (exact) mass is 285 g/mol. The van der Waals surface area contributed by atoms with E-state index < -0.39 is 0 Å². The van der Waals surface area contributed by atoms with Crippen LogP contribution in [0.3, 0.4) is 0 Å². The molecule has 1 amide bonds. The molecule has 1 saturated carbocycles. The Morgan fingerprint density at radius 2 is 2.05 bits per heavy atom. The summed E-state index contributed by atoms with van der Waals surface area (Å²) in [5, 5.41) is 3.92. The van der Waals surface area contributed by atoms with Crippen LogP contribution in [0.15, 0.2) is 29.0 Å². The molecule has 0 radical (unpaired) electrons. The third kappa shape index (κ3) is 3.12. The summed E-state index contributed by atoms with van der Waals surface area (Å²) >= 11 is 0. The van der Waals surface area contributed by atoms with E-state index in [1.54, 1.807) is 12.4 Å². The lowest BCUT2D eigenvalue weighted by molar-refractivity contribution is -0.131. The van der Waals surface area contributed by atoms with Gasteiger partial charge in [0.15, 0.2) is 0 Å². The average Bonchev–Trinajstić information content (AvgIpc) is 3.28. The molecule has 0 N–H and O–H groups in total. The fourth-order valence-electron chi connectivity index (χ4n) is 2.50. The highest BCUT2D eigenvalue weighted by Crippen LogP contribution is 2.29. The maximum Gasteiger partial charge on any atom is 0.227 e. The minimum absolute atomic E-state index is 0.142. The van der Waals surface area contributed by atoms with Gasteiger partial charge in [0.2, 0.25) is 5.91 Å². The van der Waals surface area contributed by atoms with Crippen molar-refractivity contribution in [1.29, 1.82) is 0 Å². The quantitative estimate of drug-likeness (QED) is 0.846. The van der Waals surface area contributed by atoms with Crippen LogP contribution in [0.5, 0.6) is 0 Å². The largest absolute Gasteiger partial charge is 0.361 e. The number of amides is 1. The molecule has 0 aromatic carbocycles. The molecule has 0 unspecified atom stereocenters. The van der Waals surface area contributed by atoms with Gasteiger partial charge in [-0.1, -0.05) is 5.16 Å². The van der Waals surface area contributed by atoms with E-state index in [2.05, 4.69) is 10.1 Å². The van der Waals surface area contributed by atoms with Crippen molar-refractivity contribution in [2.45, 2.75) is 45.7 Å². The second-order valence-electron chi connectivity index (χ2n) is 5.59. The van der Waals surface area contributed by atoms with Crippen molar-refractivity contribution in [3.8, 4) is 0 Å². The number of rotatable bonds is 5. The first-order valence-corrected chi connectivity index (χ1v) is 7.25. The maximum absolute atomic E-state index is 12.6. The van der Waals surface area contributed by atoms with Crippen LogP contribution in [0.25, 0.3) is 0 Å². The first-order chi connectivity index (χ1) is 10.1. The lowest BCUT2D eigenvalue weighted by Gasteiger charge is -2.22. The number of aryl methyl sites for hydroxylation is 2. The fraction of sp³-hybridized carbons (Fsp3) is 0.438. The Labute approximate surface area is 124 Å². The smallest absolute Gasteiger partial charge is 0.227 e. The molecule has 0 spiro atoms.